The monoisotopic (exact) mass is 448 g/mol. The fraction of sp³-hybridized carbons (Fsp3) is 0.385. The van der Waals surface area contributed by atoms with E-state index in [2.05, 4.69) is 22.3 Å². The number of hydrogen-bond acceptors (Lipinski definition) is 4. The van der Waals surface area contributed by atoms with Crippen LogP contribution in [0.4, 0.5) is 5.69 Å². The van der Waals surface area contributed by atoms with Gasteiger partial charge in [-0.1, -0.05) is 30.3 Å². The minimum Gasteiger partial charge on any atom is -0.494 e. The summed E-state index contributed by atoms with van der Waals surface area (Å²) in [6.45, 7) is 7.03. The van der Waals surface area contributed by atoms with Crippen LogP contribution < -0.4 is 15.6 Å². The minimum absolute atomic E-state index is 0.0704. The van der Waals surface area contributed by atoms with Crippen LogP contribution in [0.5, 0.6) is 5.75 Å². The largest absolute Gasteiger partial charge is 0.494 e. The molecule has 1 N–H and O–H groups in total. The number of aromatic nitrogens is 2. The maximum Gasteiger partial charge on any atom is 0.295 e. The van der Waals surface area contributed by atoms with E-state index in [1.54, 1.807) is 9.36 Å². The first kappa shape index (κ1) is 22.9. The zero-order valence-corrected chi connectivity index (χ0v) is 19.6. The first-order chi connectivity index (χ1) is 16.0. The summed E-state index contributed by atoms with van der Waals surface area (Å²) in [5.74, 6) is 0.725. The third kappa shape index (κ3) is 5.03. The predicted molar refractivity (Wildman–Crippen MR) is 130 cm³/mol. The number of nitrogens with one attached hydrogen (secondary N) is 1. The van der Waals surface area contributed by atoms with E-state index in [9.17, 15) is 9.59 Å². The first-order valence-corrected chi connectivity index (χ1v) is 11.6. The number of carbonyl (C=O) groups is 1. The van der Waals surface area contributed by atoms with Crippen LogP contribution in [0.3, 0.4) is 0 Å². The molecule has 4 rings (SSSR count). The summed E-state index contributed by atoms with van der Waals surface area (Å²) >= 11 is 0. The normalized spacial score (nSPS) is 14.9. The number of rotatable bonds is 7. The van der Waals surface area contributed by atoms with Crippen molar-refractivity contribution in [1.82, 2.24) is 14.3 Å². The average Bonchev–Trinajstić information content (AvgIpc) is 3.03. The summed E-state index contributed by atoms with van der Waals surface area (Å²) in [6.07, 6.45) is 1.55. The fourth-order valence-corrected chi connectivity index (χ4v) is 4.45. The van der Waals surface area contributed by atoms with Crippen LogP contribution in [0.25, 0.3) is 5.69 Å². The lowest BCUT2D eigenvalue weighted by Gasteiger charge is -2.31. The van der Waals surface area contributed by atoms with E-state index in [4.69, 9.17) is 4.74 Å². The summed E-state index contributed by atoms with van der Waals surface area (Å²) < 4.78 is 8.97. The van der Waals surface area contributed by atoms with Gasteiger partial charge in [0.25, 0.3) is 5.56 Å². The van der Waals surface area contributed by atoms with E-state index in [1.165, 1.54) is 5.56 Å². The van der Waals surface area contributed by atoms with Crippen molar-refractivity contribution in [2.75, 3.05) is 25.0 Å². The Labute approximate surface area is 194 Å². The highest BCUT2D eigenvalue weighted by Crippen LogP contribution is 2.23. The number of para-hydroxylation sites is 1. The SMILES string of the molecule is CCOc1cccc(CN2CCC(C(=O)Nc3c(C)n(C)n(-c4ccccc4)c3=O)CC2)c1. The van der Waals surface area contributed by atoms with Crippen LogP contribution in [-0.2, 0) is 18.4 Å². The van der Waals surface area contributed by atoms with E-state index in [1.807, 2.05) is 63.4 Å². The molecule has 0 atom stereocenters. The fourth-order valence-electron chi connectivity index (χ4n) is 4.45. The van der Waals surface area contributed by atoms with Crippen molar-refractivity contribution in [2.24, 2.45) is 13.0 Å². The highest BCUT2D eigenvalue weighted by atomic mass is 16.5. The molecule has 0 spiro atoms. The summed E-state index contributed by atoms with van der Waals surface area (Å²) in [7, 11) is 1.83. The molecule has 0 bridgehead atoms. The Morgan fingerprint density at radius 1 is 1.09 bits per heavy atom. The molecule has 0 unspecified atom stereocenters. The van der Waals surface area contributed by atoms with Gasteiger partial charge in [0.15, 0.2) is 0 Å². The minimum atomic E-state index is -0.207. The number of piperidine rings is 1. The molecule has 2 aromatic carbocycles. The van der Waals surface area contributed by atoms with Gasteiger partial charge in [0, 0.05) is 19.5 Å². The van der Waals surface area contributed by atoms with Crippen LogP contribution >= 0.6 is 0 Å². The lowest BCUT2D eigenvalue weighted by Crippen LogP contribution is -2.38. The quantitative estimate of drug-likeness (QED) is 0.598. The molecule has 1 fully saturated rings. The number of hydrogen-bond donors (Lipinski definition) is 1. The van der Waals surface area contributed by atoms with Crippen LogP contribution in [0.2, 0.25) is 0 Å². The van der Waals surface area contributed by atoms with Gasteiger partial charge in [-0.2, -0.15) is 0 Å². The van der Waals surface area contributed by atoms with Gasteiger partial charge in [-0.3, -0.25) is 19.2 Å². The predicted octanol–water partition coefficient (Wildman–Crippen LogP) is 3.73. The molecule has 1 aromatic heterocycles. The van der Waals surface area contributed by atoms with Gasteiger partial charge in [0.2, 0.25) is 5.91 Å². The number of anilines is 1. The maximum atomic E-state index is 13.1. The van der Waals surface area contributed by atoms with Crippen LogP contribution in [0, 0.1) is 12.8 Å². The Hall–Kier alpha value is -3.32. The van der Waals surface area contributed by atoms with E-state index in [0.29, 0.717) is 12.3 Å². The molecular weight excluding hydrogens is 416 g/mol. The molecule has 174 valence electrons. The van der Waals surface area contributed by atoms with Gasteiger partial charge >= 0.3 is 0 Å². The Morgan fingerprint density at radius 3 is 2.52 bits per heavy atom. The molecule has 0 saturated carbocycles. The van der Waals surface area contributed by atoms with Crippen molar-refractivity contribution in [1.29, 1.82) is 0 Å². The smallest absolute Gasteiger partial charge is 0.295 e. The van der Waals surface area contributed by atoms with Gasteiger partial charge in [0.1, 0.15) is 11.4 Å². The van der Waals surface area contributed by atoms with Gasteiger partial charge in [-0.05, 0) is 69.6 Å². The topological polar surface area (TPSA) is 68.5 Å². The molecule has 7 heteroatoms. The average molecular weight is 449 g/mol. The Kier molecular flexibility index (Phi) is 6.99. The standard InChI is InChI=1S/C26H32N4O3/c1-4-33-23-12-8-9-20(17-23)18-29-15-13-21(14-16-29)25(31)27-24-19(2)28(3)30(26(24)32)22-10-6-5-7-11-22/h5-12,17,21H,4,13-16,18H2,1-3H3,(H,27,31). The summed E-state index contributed by atoms with van der Waals surface area (Å²) in [5.41, 5.74) is 2.88. The van der Waals surface area contributed by atoms with E-state index in [0.717, 1.165) is 49.6 Å². The molecule has 7 nitrogen and oxygen atoms in total. The van der Waals surface area contributed by atoms with E-state index in [-0.39, 0.29) is 17.4 Å². The van der Waals surface area contributed by atoms with Crippen molar-refractivity contribution in [3.63, 3.8) is 0 Å². The second kappa shape index (κ2) is 10.1. The molecule has 1 saturated heterocycles. The Bertz CT molecular complexity index is 1160. The molecule has 33 heavy (non-hydrogen) atoms. The Balaban J connectivity index is 1.38. The number of nitrogens with zero attached hydrogens (tertiary/aromatic N) is 3. The lowest BCUT2D eigenvalue weighted by molar-refractivity contribution is -0.121. The van der Waals surface area contributed by atoms with E-state index < -0.39 is 0 Å². The van der Waals surface area contributed by atoms with Crippen LogP contribution in [0.1, 0.15) is 31.0 Å². The molecule has 0 aliphatic carbocycles. The van der Waals surface area contributed by atoms with Crippen molar-refractivity contribution in [2.45, 2.75) is 33.2 Å². The van der Waals surface area contributed by atoms with Gasteiger partial charge in [-0.25, -0.2) is 4.68 Å². The molecule has 0 radical (unpaired) electrons. The second-order valence-corrected chi connectivity index (χ2v) is 8.56. The molecule has 1 aliphatic heterocycles. The molecule has 1 aliphatic rings. The summed E-state index contributed by atoms with van der Waals surface area (Å²) in [6, 6.07) is 17.6. The highest BCUT2D eigenvalue weighted by molar-refractivity contribution is 5.93. The molecular formula is C26H32N4O3. The molecule has 2 heterocycles. The van der Waals surface area contributed by atoms with Crippen molar-refractivity contribution in [3.05, 3.63) is 76.2 Å². The van der Waals surface area contributed by atoms with Crippen LogP contribution in [0.15, 0.2) is 59.4 Å². The number of amides is 1. The zero-order valence-electron chi connectivity index (χ0n) is 19.6. The lowest BCUT2D eigenvalue weighted by atomic mass is 9.95. The number of ether oxygens (including phenoxy) is 1. The summed E-state index contributed by atoms with van der Waals surface area (Å²) in [4.78, 5) is 28.4. The van der Waals surface area contributed by atoms with Crippen molar-refractivity contribution >= 4 is 11.6 Å². The number of carbonyl (C=O) groups excluding carboxylic acids is 1. The Morgan fingerprint density at radius 2 is 1.82 bits per heavy atom. The third-order valence-corrected chi connectivity index (χ3v) is 6.38. The van der Waals surface area contributed by atoms with Crippen LogP contribution in [-0.4, -0.2) is 39.9 Å². The van der Waals surface area contributed by atoms with E-state index >= 15 is 0 Å². The van der Waals surface area contributed by atoms with Crippen molar-refractivity contribution in [3.8, 4) is 11.4 Å². The molecule has 1 amide bonds. The van der Waals surface area contributed by atoms with Crippen molar-refractivity contribution < 1.29 is 9.53 Å². The molecule has 3 aromatic rings. The second-order valence-electron chi connectivity index (χ2n) is 8.56. The number of likely N-dealkylation sites (tertiary alicyclic amines) is 1. The van der Waals surface area contributed by atoms with Gasteiger partial charge in [0.05, 0.1) is 18.0 Å². The van der Waals surface area contributed by atoms with Gasteiger partial charge in [-0.15, -0.1) is 0 Å². The zero-order chi connectivity index (χ0) is 23.4. The number of benzene rings is 2. The third-order valence-electron chi connectivity index (χ3n) is 6.38. The maximum absolute atomic E-state index is 13.1. The highest BCUT2D eigenvalue weighted by Gasteiger charge is 2.27. The van der Waals surface area contributed by atoms with Gasteiger partial charge < -0.3 is 10.1 Å². The summed E-state index contributed by atoms with van der Waals surface area (Å²) in [5, 5.41) is 2.94. The first-order valence-electron chi connectivity index (χ1n) is 11.6.